The Hall–Kier alpha value is -0.570. The van der Waals surface area contributed by atoms with Gasteiger partial charge in [-0.25, -0.2) is 0 Å². The molecule has 1 amide bonds. The summed E-state index contributed by atoms with van der Waals surface area (Å²) in [6.45, 7) is 10.5. The molecule has 124 valence electrons. The van der Waals surface area contributed by atoms with Gasteiger partial charge in [0.25, 0.3) is 0 Å². The molecule has 0 saturated carbocycles. The van der Waals surface area contributed by atoms with E-state index in [1.54, 1.807) is 0 Å². The molecule has 1 aliphatic heterocycles. The van der Waals surface area contributed by atoms with Crippen LogP contribution in [0, 0.1) is 5.41 Å². The van der Waals surface area contributed by atoms with Crippen molar-refractivity contribution in [2.45, 2.75) is 72.1 Å². The third-order valence-electron chi connectivity index (χ3n) is 4.97. The van der Waals surface area contributed by atoms with Gasteiger partial charge in [0.05, 0.1) is 0 Å². The van der Waals surface area contributed by atoms with Gasteiger partial charge in [-0.1, -0.05) is 59.3 Å². The number of piperazine rings is 1. The highest BCUT2D eigenvalue weighted by atomic mass is 16.2. The molecule has 0 aromatic carbocycles. The molecule has 0 aromatic rings. The number of likely N-dealkylation sites (N-methyl/N-ethyl adjacent to an activating group) is 1. The zero-order chi connectivity index (χ0) is 15.7. The van der Waals surface area contributed by atoms with Crippen molar-refractivity contribution in [3.8, 4) is 0 Å². The first-order chi connectivity index (χ1) is 10.0. The Morgan fingerprint density at radius 3 is 1.81 bits per heavy atom. The van der Waals surface area contributed by atoms with Gasteiger partial charge in [-0.2, -0.15) is 0 Å². The number of amides is 1. The second kappa shape index (κ2) is 9.45. The number of hydrogen-bond donors (Lipinski definition) is 0. The largest absolute Gasteiger partial charge is 0.340 e. The number of hydrogen-bond acceptors (Lipinski definition) is 2. The molecule has 0 N–H and O–H groups in total. The van der Waals surface area contributed by atoms with Crippen LogP contribution in [0.15, 0.2) is 0 Å². The summed E-state index contributed by atoms with van der Waals surface area (Å²) in [5, 5.41) is 0. The maximum absolute atomic E-state index is 13.0. The van der Waals surface area contributed by atoms with Crippen molar-refractivity contribution in [2.24, 2.45) is 5.41 Å². The van der Waals surface area contributed by atoms with Crippen LogP contribution in [0.3, 0.4) is 0 Å². The van der Waals surface area contributed by atoms with Gasteiger partial charge in [0.1, 0.15) is 0 Å². The summed E-state index contributed by atoms with van der Waals surface area (Å²) in [6, 6.07) is 0. The van der Waals surface area contributed by atoms with E-state index < -0.39 is 0 Å². The maximum Gasteiger partial charge on any atom is 0.228 e. The van der Waals surface area contributed by atoms with Crippen LogP contribution in [0.4, 0.5) is 0 Å². The standard InChI is InChI=1S/C18H36N2O/c1-5-7-9-11-18(3,12-10-8-6-2)17(21)20-15-13-19(4)14-16-20/h5-16H2,1-4H3. The predicted molar refractivity (Wildman–Crippen MR) is 90.5 cm³/mol. The van der Waals surface area contributed by atoms with Gasteiger partial charge in [-0.15, -0.1) is 0 Å². The molecule has 21 heavy (non-hydrogen) atoms. The maximum atomic E-state index is 13.0. The minimum absolute atomic E-state index is 0.125. The Labute approximate surface area is 132 Å². The molecule has 0 aliphatic carbocycles. The summed E-state index contributed by atoms with van der Waals surface area (Å²) < 4.78 is 0. The van der Waals surface area contributed by atoms with E-state index in [4.69, 9.17) is 0 Å². The minimum atomic E-state index is -0.125. The van der Waals surface area contributed by atoms with Crippen molar-refractivity contribution in [2.75, 3.05) is 33.2 Å². The van der Waals surface area contributed by atoms with E-state index in [1.165, 1.54) is 38.5 Å². The van der Waals surface area contributed by atoms with Gasteiger partial charge in [0.15, 0.2) is 0 Å². The van der Waals surface area contributed by atoms with Crippen LogP contribution in [-0.2, 0) is 4.79 Å². The average molecular weight is 296 g/mol. The van der Waals surface area contributed by atoms with E-state index in [0.717, 1.165) is 39.0 Å². The summed E-state index contributed by atoms with van der Waals surface area (Å²) in [5.74, 6) is 0.419. The zero-order valence-corrected chi connectivity index (χ0v) is 14.8. The Kier molecular flexibility index (Phi) is 8.31. The normalized spacial score (nSPS) is 17.2. The fourth-order valence-electron chi connectivity index (χ4n) is 3.26. The van der Waals surface area contributed by atoms with Gasteiger partial charge >= 0.3 is 0 Å². The molecule has 1 aliphatic rings. The van der Waals surface area contributed by atoms with Gasteiger partial charge in [-0.3, -0.25) is 4.79 Å². The Morgan fingerprint density at radius 1 is 0.905 bits per heavy atom. The third kappa shape index (κ3) is 5.98. The van der Waals surface area contributed by atoms with Crippen LogP contribution in [0.5, 0.6) is 0 Å². The lowest BCUT2D eigenvalue weighted by molar-refractivity contribution is -0.144. The van der Waals surface area contributed by atoms with E-state index in [-0.39, 0.29) is 5.41 Å². The van der Waals surface area contributed by atoms with Crippen molar-refractivity contribution in [1.29, 1.82) is 0 Å². The van der Waals surface area contributed by atoms with Crippen molar-refractivity contribution in [3.63, 3.8) is 0 Å². The molecule has 1 rings (SSSR count). The first kappa shape index (κ1) is 18.5. The zero-order valence-electron chi connectivity index (χ0n) is 14.8. The summed E-state index contributed by atoms with van der Waals surface area (Å²) >= 11 is 0. The van der Waals surface area contributed by atoms with Crippen molar-refractivity contribution < 1.29 is 4.79 Å². The molecule has 0 bridgehead atoms. The van der Waals surface area contributed by atoms with Crippen molar-refractivity contribution in [3.05, 3.63) is 0 Å². The predicted octanol–water partition coefficient (Wildman–Crippen LogP) is 3.93. The first-order valence-corrected chi connectivity index (χ1v) is 9.01. The topological polar surface area (TPSA) is 23.6 Å². The lowest BCUT2D eigenvalue weighted by Gasteiger charge is -2.39. The first-order valence-electron chi connectivity index (χ1n) is 9.01. The summed E-state index contributed by atoms with van der Waals surface area (Å²) in [7, 11) is 2.14. The average Bonchev–Trinajstić information content (AvgIpc) is 2.48. The van der Waals surface area contributed by atoms with E-state index in [9.17, 15) is 4.79 Å². The van der Waals surface area contributed by atoms with Gasteiger partial charge in [-0.05, 0) is 19.9 Å². The second-order valence-corrected chi connectivity index (χ2v) is 7.07. The smallest absolute Gasteiger partial charge is 0.228 e. The second-order valence-electron chi connectivity index (χ2n) is 7.07. The van der Waals surface area contributed by atoms with E-state index in [1.807, 2.05) is 0 Å². The van der Waals surface area contributed by atoms with Crippen molar-refractivity contribution in [1.82, 2.24) is 9.80 Å². The molecule has 3 heteroatoms. The fourth-order valence-corrected chi connectivity index (χ4v) is 3.26. The number of carbonyl (C=O) groups is 1. The summed E-state index contributed by atoms with van der Waals surface area (Å²) in [4.78, 5) is 17.5. The molecule has 0 unspecified atom stereocenters. The Bertz CT molecular complexity index is 286. The number of unbranched alkanes of at least 4 members (excludes halogenated alkanes) is 4. The minimum Gasteiger partial charge on any atom is -0.340 e. The molecule has 1 fully saturated rings. The molecule has 1 heterocycles. The highest BCUT2D eigenvalue weighted by Crippen LogP contribution is 2.33. The van der Waals surface area contributed by atoms with Crippen LogP contribution in [0.25, 0.3) is 0 Å². The van der Waals surface area contributed by atoms with E-state index >= 15 is 0 Å². The number of nitrogens with zero attached hydrogens (tertiary/aromatic N) is 2. The Morgan fingerprint density at radius 2 is 1.38 bits per heavy atom. The lowest BCUT2D eigenvalue weighted by atomic mass is 9.78. The number of rotatable bonds is 9. The summed E-state index contributed by atoms with van der Waals surface area (Å²) in [5.41, 5.74) is -0.125. The number of carbonyl (C=O) groups excluding carboxylic acids is 1. The molecule has 0 spiro atoms. The molecule has 0 radical (unpaired) electrons. The molecule has 1 saturated heterocycles. The van der Waals surface area contributed by atoms with Gasteiger partial charge in [0, 0.05) is 31.6 Å². The van der Waals surface area contributed by atoms with Crippen LogP contribution in [0.1, 0.15) is 72.1 Å². The van der Waals surface area contributed by atoms with Gasteiger partial charge in [0.2, 0.25) is 5.91 Å². The van der Waals surface area contributed by atoms with Gasteiger partial charge < -0.3 is 9.80 Å². The summed E-state index contributed by atoms with van der Waals surface area (Å²) in [6.07, 6.45) is 9.48. The highest BCUT2D eigenvalue weighted by Gasteiger charge is 2.36. The van der Waals surface area contributed by atoms with Crippen LogP contribution in [0.2, 0.25) is 0 Å². The van der Waals surface area contributed by atoms with E-state index in [0.29, 0.717) is 5.91 Å². The molecular weight excluding hydrogens is 260 g/mol. The van der Waals surface area contributed by atoms with E-state index in [2.05, 4.69) is 37.6 Å². The van der Waals surface area contributed by atoms with Crippen molar-refractivity contribution >= 4 is 5.91 Å². The SMILES string of the molecule is CCCCCC(C)(CCCCC)C(=O)N1CCN(C)CC1. The monoisotopic (exact) mass is 296 g/mol. The van der Waals surface area contributed by atoms with Crippen LogP contribution in [-0.4, -0.2) is 48.9 Å². The molecule has 0 atom stereocenters. The third-order valence-corrected chi connectivity index (χ3v) is 4.97. The molecular formula is C18H36N2O. The molecule has 3 nitrogen and oxygen atoms in total. The highest BCUT2D eigenvalue weighted by molar-refractivity contribution is 5.82. The van der Waals surface area contributed by atoms with Crippen LogP contribution < -0.4 is 0 Å². The quantitative estimate of drug-likeness (QED) is 0.602. The molecule has 0 aromatic heterocycles. The van der Waals surface area contributed by atoms with Crippen LogP contribution >= 0.6 is 0 Å². The lowest BCUT2D eigenvalue weighted by Crippen LogP contribution is -2.51. The Balaban J connectivity index is 2.61. The fraction of sp³-hybridized carbons (Fsp3) is 0.944.